The lowest BCUT2D eigenvalue weighted by atomic mass is 10.1. The highest BCUT2D eigenvalue weighted by Gasteiger charge is 2.14. The minimum absolute atomic E-state index is 0.0948. The van der Waals surface area contributed by atoms with Gasteiger partial charge in [0.1, 0.15) is 0 Å². The molecule has 2 rings (SSSR count). The topological polar surface area (TPSA) is 87.7 Å². The SMILES string of the molecule is COC(=O)CCCCCN(CC(=O)NCCc1ccccc1)CC(=O)NCCc1ccccc1. The van der Waals surface area contributed by atoms with E-state index in [1.807, 2.05) is 65.6 Å². The van der Waals surface area contributed by atoms with Crippen LogP contribution < -0.4 is 10.6 Å². The number of unbranched alkanes of at least 4 members (excludes halogenated alkanes) is 2. The molecule has 7 nitrogen and oxygen atoms in total. The molecular weight excluding hydrogens is 430 g/mol. The lowest BCUT2D eigenvalue weighted by Crippen LogP contribution is -2.44. The fraction of sp³-hybridized carbons (Fsp3) is 0.444. The molecule has 184 valence electrons. The summed E-state index contributed by atoms with van der Waals surface area (Å²) in [4.78, 5) is 38.1. The Kier molecular flexibility index (Phi) is 13.1. The average molecular weight is 468 g/mol. The number of ether oxygens (including phenoxy) is 1. The molecule has 0 atom stereocenters. The molecule has 2 aromatic carbocycles. The summed E-state index contributed by atoms with van der Waals surface area (Å²) in [5, 5.41) is 5.90. The van der Waals surface area contributed by atoms with E-state index >= 15 is 0 Å². The monoisotopic (exact) mass is 467 g/mol. The predicted molar refractivity (Wildman–Crippen MR) is 133 cm³/mol. The number of methoxy groups -OCH3 is 1. The molecule has 2 aromatic rings. The van der Waals surface area contributed by atoms with Gasteiger partial charge in [-0.25, -0.2) is 0 Å². The van der Waals surface area contributed by atoms with Crippen LogP contribution in [0.1, 0.15) is 36.8 Å². The molecule has 7 heteroatoms. The number of nitrogens with one attached hydrogen (secondary N) is 2. The Bertz CT molecular complexity index is 799. The summed E-state index contributed by atoms with van der Waals surface area (Å²) in [5.41, 5.74) is 2.34. The van der Waals surface area contributed by atoms with E-state index in [0.29, 0.717) is 26.1 Å². The van der Waals surface area contributed by atoms with Crippen LogP contribution in [0.15, 0.2) is 60.7 Å². The van der Waals surface area contributed by atoms with E-state index in [2.05, 4.69) is 15.4 Å². The van der Waals surface area contributed by atoms with Gasteiger partial charge in [0, 0.05) is 19.5 Å². The fourth-order valence-corrected chi connectivity index (χ4v) is 3.60. The smallest absolute Gasteiger partial charge is 0.305 e. The van der Waals surface area contributed by atoms with Crippen molar-refractivity contribution >= 4 is 17.8 Å². The first-order valence-electron chi connectivity index (χ1n) is 12.0. The Morgan fingerprint density at radius 1 is 0.735 bits per heavy atom. The van der Waals surface area contributed by atoms with Gasteiger partial charge in [0.15, 0.2) is 0 Å². The van der Waals surface area contributed by atoms with Crippen molar-refractivity contribution in [2.75, 3.05) is 39.8 Å². The van der Waals surface area contributed by atoms with Crippen LogP contribution in [0.4, 0.5) is 0 Å². The molecular formula is C27H37N3O4. The molecule has 0 aliphatic rings. The second kappa shape index (κ2) is 16.4. The lowest BCUT2D eigenvalue weighted by Gasteiger charge is -2.21. The van der Waals surface area contributed by atoms with Gasteiger partial charge in [-0.2, -0.15) is 0 Å². The third-order valence-corrected chi connectivity index (χ3v) is 5.47. The van der Waals surface area contributed by atoms with E-state index < -0.39 is 0 Å². The first-order chi connectivity index (χ1) is 16.6. The number of nitrogens with zero attached hydrogens (tertiary/aromatic N) is 1. The van der Waals surface area contributed by atoms with E-state index in [1.54, 1.807) is 0 Å². The van der Waals surface area contributed by atoms with Gasteiger partial charge in [-0.1, -0.05) is 67.1 Å². The quantitative estimate of drug-likeness (QED) is 0.293. The van der Waals surface area contributed by atoms with Gasteiger partial charge in [0.2, 0.25) is 11.8 Å². The van der Waals surface area contributed by atoms with Crippen molar-refractivity contribution in [3.63, 3.8) is 0 Å². The number of amides is 2. The number of rotatable bonds is 16. The summed E-state index contributed by atoms with van der Waals surface area (Å²) in [7, 11) is 1.39. The highest BCUT2D eigenvalue weighted by Crippen LogP contribution is 2.04. The largest absolute Gasteiger partial charge is 0.469 e. The minimum atomic E-state index is -0.215. The molecule has 0 aromatic heterocycles. The molecule has 0 saturated heterocycles. The van der Waals surface area contributed by atoms with Crippen molar-refractivity contribution in [1.82, 2.24) is 15.5 Å². The zero-order valence-corrected chi connectivity index (χ0v) is 20.1. The summed E-state index contributed by atoms with van der Waals surface area (Å²) < 4.78 is 4.67. The Labute approximate surface area is 202 Å². The molecule has 0 radical (unpaired) electrons. The van der Waals surface area contributed by atoms with Gasteiger partial charge in [0.05, 0.1) is 20.2 Å². The predicted octanol–water partition coefficient (Wildman–Crippen LogP) is 2.74. The summed E-state index contributed by atoms with van der Waals surface area (Å²) in [5.74, 6) is -0.405. The molecule has 0 unspecified atom stereocenters. The molecule has 0 aliphatic heterocycles. The van der Waals surface area contributed by atoms with Crippen molar-refractivity contribution < 1.29 is 19.1 Å². The van der Waals surface area contributed by atoms with Gasteiger partial charge < -0.3 is 15.4 Å². The Morgan fingerprint density at radius 2 is 1.24 bits per heavy atom. The van der Waals surface area contributed by atoms with Gasteiger partial charge >= 0.3 is 5.97 Å². The Balaban J connectivity index is 1.76. The van der Waals surface area contributed by atoms with Crippen LogP contribution in [0.2, 0.25) is 0 Å². The summed E-state index contributed by atoms with van der Waals surface area (Å²) in [6, 6.07) is 20.0. The molecule has 0 saturated carbocycles. The van der Waals surface area contributed by atoms with Crippen molar-refractivity contribution in [1.29, 1.82) is 0 Å². The second-order valence-corrected chi connectivity index (χ2v) is 8.27. The van der Waals surface area contributed by atoms with Crippen molar-refractivity contribution in [3.05, 3.63) is 71.8 Å². The van der Waals surface area contributed by atoms with Crippen molar-refractivity contribution in [2.24, 2.45) is 0 Å². The molecule has 0 heterocycles. The van der Waals surface area contributed by atoms with Gasteiger partial charge in [-0.05, 0) is 43.4 Å². The van der Waals surface area contributed by atoms with E-state index in [-0.39, 0.29) is 30.9 Å². The van der Waals surface area contributed by atoms with E-state index in [1.165, 1.54) is 18.2 Å². The van der Waals surface area contributed by atoms with E-state index in [0.717, 1.165) is 32.1 Å². The molecule has 0 fully saturated rings. The van der Waals surface area contributed by atoms with Crippen molar-refractivity contribution in [3.8, 4) is 0 Å². The second-order valence-electron chi connectivity index (χ2n) is 8.27. The van der Waals surface area contributed by atoms with Crippen LogP contribution >= 0.6 is 0 Å². The molecule has 34 heavy (non-hydrogen) atoms. The first-order valence-corrected chi connectivity index (χ1v) is 12.0. The summed E-state index contributed by atoms with van der Waals surface area (Å²) in [6.07, 6.45) is 4.27. The minimum Gasteiger partial charge on any atom is -0.469 e. The maximum Gasteiger partial charge on any atom is 0.305 e. The average Bonchev–Trinajstić information content (AvgIpc) is 2.85. The summed E-state index contributed by atoms with van der Waals surface area (Å²) >= 11 is 0. The van der Waals surface area contributed by atoms with Crippen LogP contribution in [0.3, 0.4) is 0 Å². The number of esters is 1. The van der Waals surface area contributed by atoms with Crippen LogP contribution in [0.5, 0.6) is 0 Å². The Morgan fingerprint density at radius 3 is 1.71 bits per heavy atom. The Hall–Kier alpha value is -3.19. The van der Waals surface area contributed by atoms with Crippen LogP contribution in [0, 0.1) is 0 Å². The number of hydrogen-bond donors (Lipinski definition) is 2. The van der Waals surface area contributed by atoms with Crippen molar-refractivity contribution in [2.45, 2.75) is 38.5 Å². The standard InChI is InChI=1S/C27H37N3O4/c1-34-27(33)15-9-4-10-20-30(21-25(31)28-18-16-23-11-5-2-6-12-23)22-26(32)29-19-17-24-13-7-3-8-14-24/h2-3,5-8,11-14H,4,9-10,15-22H2,1H3,(H,28,31)(H,29,32). The molecule has 2 amide bonds. The zero-order valence-electron chi connectivity index (χ0n) is 20.1. The van der Waals surface area contributed by atoms with Crippen LogP contribution in [-0.4, -0.2) is 62.5 Å². The van der Waals surface area contributed by atoms with Gasteiger partial charge in [0.25, 0.3) is 0 Å². The normalized spacial score (nSPS) is 10.6. The third kappa shape index (κ3) is 12.2. The van der Waals surface area contributed by atoms with Gasteiger partial charge in [-0.3, -0.25) is 19.3 Å². The number of hydrogen-bond acceptors (Lipinski definition) is 5. The van der Waals surface area contributed by atoms with Crippen LogP contribution in [-0.2, 0) is 32.0 Å². The van der Waals surface area contributed by atoms with Crippen LogP contribution in [0.25, 0.3) is 0 Å². The highest BCUT2D eigenvalue weighted by atomic mass is 16.5. The number of benzene rings is 2. The number of carbonyl (C=O) groups excluding carboxylic acids is 3. The maximum atomic E-state index is 12.5. The molecule has 0 aliphatic carbocycles. The first kappa shape index (κ1) is 27.1. The van der Waals surface area contributed by atoms with Gasteiger partial charge in [-0.15, -0.1) is 0 Å². The lowest BCUT2D eigenvalue weighted by molar-refractivity contribution is -0.140. The fourth-order valence-electron chi connectivity index (χ4n) is 3.60. The molecule has 0 spiro atoms. The maximum absolute atomic E-state index is 12.5. The number of carbonyl (C=O) groups is 3. The molecule has 0 bridgehead atoms. The third-order valence-electron chi connectivity index (χ3n) is 5.47. The zero-order chi connectivity index (χ0) is 24.4. The van der Waals surface area contributed by atoms with E-state index in [4.69, 9.17) is 0 Å². The van der Waals surface area contributed by atoms with E-state index in [9.17, 15) is 14.4 Å². The molecule has 2 N–H and O–H groups in total. The highest BCUT2D eigenvalue weighted by molar-refractivity contribution is 5.81. The summed E-state index contributed by atoms with van der Waals surface area (Å²) in [6.45, 7) is 2.05.